The van der Waals surface area contributed by atoms with Gasteiger partial charge in [-0.05, 0) is 74.9 Å². The van der Waals surface area contributed by atoms with Crippen LogP contribution in [0.3, 0.4) is 0 Å². The Morgan fingerprint density at radius 2 is 1.53 bits per heavy atom. The summed E-state index contributed by atoms with van der Waals surface area (Å²) in [7, 11) is 0.0286. The number of hydrogen-bond acceptors (Lipinski definition) is 9. The maximum absolute atomic E-state index is 12.1. The van der Waals surface area contributed by atoms with Gasteiger partial charge in [0, 0.05) is 17.9 Å². The summed E-state index contributed by atoms with van der Waals surface area (Å²) in [5, 5.41) is 14.9. The normalized spacial score (nSPS) is 16.1. The number of alkyl carbamates (subject to hydrolysis) is 1. The van der Waals surface area contributed by atoms with E-state index in [2.05, 4.69) is 30.2 Å². The fourth-order valence-electron chi connectivity index (χ4n) is 4.52. The smallest absolute Gasteiger partial charge is 0.407 e. The molecule has 242 valence electrons. The molecule has 4 rings (SSSR count). The third kappa shape index (κ3) is 12.2. The molecule has 1 aromatic carbocycles. The molecular weight excluding hydrogens is 572 g/mol. The lowest BCUT2D eigenvalue weighted by molar-refractivity contribution is -0.125. The van der Waals surface area contributed by atoms with E-state index in [9.17, 15) is 18.0 Å². The van der Waals surface area contributed by atoms with Crippen LogP contribution >= 0.6 is 0 Å². The Hall–Kier alpha value is -3.06. The van der Waals surface area contributed by atoms with Crippen LogP contribution in [0.5, 0.6) is 5.75 Å². The Labute approximate surface area is 256 Å². The molecule has 0 unspecified atom stereocenters. The zero-order chi connectivity index (χ0) is 32.2. The number of carbonyl (C=O) groups is 2. The molecule has 1 atom stereocenters. The first-order valence-electron chi connectivity index (χ1n) is 15.1. The zero-order valence-electron chi connectivity index (χ0n) is 26.9. The van der Waals surface area contributed by atoms with Crippen molar-refractivity contribution in [2.24, 2.45) is 11.8 Å². The molecule has 12 nitrogen and oxygen atoms in total. The molecule has 2 N–H and O–H groups in total. The van der Waals surface area contributed by atoms with E-state index < -0.39 is 16.1 Å². The molecule has 1 amide bonds. The van der Waals surface area contributed by atoms with Crippen LogP contribution in [-0.2, 0) is 19.6 Å². The minimum Gasteiger partial charge on any atom is -0.497 e. The number of tetrazole rings is 1. The van der Waals surface area contributed by atoms with Crippen molar-refractivity contribution in [3.8, 4) is 11.4 Å². The van der Waals surface area contributed by atoms with E-state index in [1.807, 2.05) is 65.8 Å². The van der Waals surface area contributed by atoms with E-state index in [4.69, 9.17) is 4.74 Å². The highest BCUT2D eigenvalue weighted by molar-refractivity contribution is 7.90. The lowest BCUT2D eigenvalue weighted by Gasteiger charge is -2.30. The summed E-state index contributed by atoms with van der Waals surface area (Å²) >= 11 is 0. The number of Topliss-reactive ketones (excluding diaryl/α,β-unsaturated/α-hetero) is 1. The first kappa shape index (κ1) is 36.1. The van der Waals surface area contributed by atoms with Gasteiger partial charge in [-0.3, -0.25) is 4.79 Å². The predicted octanol–water partition coefficient (Wildman–Crippen LogP) is 4.79. The Morgan fingerprint density at radius 1 is 0.930 bits per heavy atom. The summed E-state index contributed by atoms with van der Waals surface area (Å²) in [5.41, 5.74) is 0.875. The summed E-state index contributed by atoms with van der Waals surface area (Å²) in [6.07, 6.45) is 6.74. The SMILES string of the molecule is CC(C)NS(=O)(=O)C1CC1.COC(=O)N[C@H](C(=O)C(C)C)C1CCCCC1.COc1ccc(-n2nnc(C(C)C)n2)cc1. The fourth-order valence-corrected chi connectivity index (χ4v) is 6.12. The summed E-state index contributed by atoms with van der Waals surface area (Å²) < 4.78 is 34.4. The topological polar surface area (TPSA) is 154 Å². The van der Waals surface area contributed by atoms with E-state index in [0.717, 1.165) is 55.8 Å². The van der Waals surface area contributed by atoms with Crippen molar-refractivity contribution in [3.63, 3.8) is 0 Å². The van der Waals surface area contributed by atoms with Crippen molar-refractivity contribution in [1.82, 2.24) is 30.2 Å². The molecule has 0 spiro atoms. The number of aromatic nitrogens is 4. The highest BCUT2D eigenvalue weighted by atomic mass is 32.2. The molecule has 2 aromatic rings. The van der Waals surface area contributed by atoms with E-state index >= 15 is 0 Å². The second-order valence-corrected chi connectivity index (χ2v) is 13.9. The number of benzene rings is 1. The highest BCUT2D eigenvalue weighted by Crippen LogP contribution is 2.28. The largest absolute Gasteiger partial charge is 0.497 e. The van der Waals surface area contributed by atoms with Crippen LogP contribution in [0.1, 0.15) is 98.2 Å². The molecule has 13 heteroatoms. The first-order valence-corrected chi connectivity index (χ1v) is 16.7. The van der Waals surface area contributed by atoms with E-state index in [1.54, 1.807) is 7.11 Å². The molecule has 0 saturated heterocycles. The average Bonchev–Trinajstić information content (AvgIpc) is 3.73. The maximum Gasteiger partial charge on any atom is 0.407 e. The van der Waals surface area contributed by atoms with Gasteiger partial charge in [-0.25, -0.2) is 17.9 Å². The van der Waals surface area contributed by atoms with E-state index in [0.29, 0.717) is 0 Å². The summed E-state index contributed by atoms with van der Waals surface area (Å²) in [5.74, 6) is 2.18. The molecule has 0 bridgehead atoms. The molecule has 2 aliphatic carbocycles. The minimum absolute atomic E-state index is 0.0330. The predicted molar refractivity (Wildman–Crippen MR) is 166 cm³/mol. The van der Waals surface area contributed by atoms with Crippen LogP contribution in [0, 0.1) is 11.8 Å². The molecule has 1 aromatic heterocycles. The molecule has 43 heavy (non-hydrogen) atoms. The van der Waals surface area contributed by atoms with Crippen LogP contribution in [0.15, 0.2) is 24.3 Å². The van der Waals surface area contributed by atoms with E-state index in [-0.39, 0.29) is 40.9 Å². The fraction of sp³-hybridized carbons (Fsp3) is 0.700. The van der Waals surface area contributed by atoms with Gasteiger partial charge in [0.2, 0.25) is 10.0 Å². The van der Waals surface area contributed by atoms with Gasteiger partial charge in [-0.1, -0.05) is 47.0 Å². The van der Waals surface area contributed by atoms with Crippen LogP contribution < -0.4 is 14.8 Å². The second-order valence-electron chi connectivity index (χ2n) is 11.9. The molecule has 1 heterocycles. The highest BCUT2D eigenvalue weighted by Gasteiger charge is 2.35. The quantitative estimate of drug-likeness (QED) is 0.381. The van der Waals surface area contributed by atoms with Crippen LogP contribution in [-0.4, -0.2) is 72.1 Å². The van der Waals surface area contributed by atoms with Crippen LogP contribution in [0.4, 0.5) is 4.79 Å². The van der Waals surface area contributed by atoms with E-state index in [1.165, 1.54) is 18.3 Å². The van der Waals surface area contributed by atoms with Crippen molar-refractivity contribution in [2.45, 2.75) is 110 Å². The van der Waals surface area contributed by atoms with Crippen molar-refractivity contribution in [2.75, 3.05) is 14.2 Å². The van der Waals surface area contributed by atoms with Gasteiger partial charge < -0.3 is 14.8 Å². The molecule has 2 fully saturated rings. The monoisotopic (exact) mass is 622 g/mol. The van der Waals surface area contributed by atoms with Gasteiger partial charge in [0.05, 0.1) is 31.2 Å². The second kappa shape index (κ2) is 17.3. The summed E-state index contributed by atoms with van der Waals surface area (Å²) in [6, 6.07) is 7.19. The number of nitrogens with zero attached hydrogens (tertiary/aromatic N) is 4. The average molecular weight is 623 g/mol. The molecular formula is C30H50N6O6S. The number of amides is 1. The number of methoxy groups -OCH3 is 2. The lowest BCUT2D eigenvalue weighted by atomic mass is 9.80. The number of ether oxygens (including phenoxy) is 2. The Kier molecular flexibility index (Phi) is 14.5. The van der Waals surface area contributed by atoms with Gasteiger partial charge in [0.15, 0.2) is 11.6 Å². The first-order chi connectivity index (χ1) is 20.3. The number of rotatable bonds is 10. The number of hydrogen-bond donors (Lipinski definition) is 2. The van der Waals surface area contributed by atoms with Gasteiger partial charge in [0.1, 0.15) is 5.75 Å². The Balaban J connectivity index is 0.000000233. The van der Waals surface area contributed by atoms with Crippen molar-refractivity contribution in [1.29, 1.82) is 0 Å². The maximum atomic E-state index is 12.1. The molecule has 0 aliphatic heterocycles. The van der Waals surface area contributed by atoms with Crippen LogP contribution in [0.2, 0.25) is 0 Å². The standard InChI is InChI=1S/C13H23NO3.C11H14N4O.C6H13NO2S/c1-9(2)12(15)11(14-13(16)17-3)10-7-5-4-6-8-10;1-8(2)11-12-14-15(13-11)9-4-6-10(16-3)7-5-9;1-5(2)7-10(8,9)6-3-4-6/h9-11H,4-8H2,1-3H3,(H,14,16);4-8H,1-3H3;5-7H,3-4H2,1-2H3/t11-;;/m0../s1. The number of nitrogens with one attached hydrogen (secondary N) is 2. The third-order valence-electron chi connectivity index (χ3n) is 7.07. The van der Waals surface area contributed by atoms with Gasteiger partial charge in [-0.2, -0.15) is 0 Å². The Morgan fingerprint density at radius 3 is 1.98 bits per heavy atom. The van der Waals surface area contributed by atoms with Crippen molar-refractivity contribution >= 4 is 21.9 Å². The van der Waals surface area contributed by atoms with Crippen LogP contribution in [0.25, 0.3) is 5.69 Å². The van der Waals surface area contributed by atoms with Gasteiger partial charge in [-0.15, -0.1) is 15.0 Å². The number of carbonyl (C=O) groups excluding carboxylic acids is 2. The van der Waals surface area contributed by atoms with Gasteiger partial charge >= 0.3 is 6.09 Å². The lowest BCUT2D eigenvalue weighted by Crippen LogP contribution is -2.48. The molecule has 0 radical (unpaired) electrons. The molecule has 2 saturated carbocycles. The Bertz CT molecular complexity index is 1240. The minimum atomic E-state index is -2.94. The van der Waals surface area contributed by atoms with Crippen molar-refractivity contribution < 1.29 is 27.5 Å². The summed E-state index contributed by atoms with van der Waals surface area (Å²) in [4.78, 5) is 25.0. The third-order valence-corrected chi connectivity index (χ3v) is 9.22. The van der Waals surface area contributed by atoms with Gasteiger partial charge in [0.25, 0.3) is 0 Å². The van der Waals surface area contributed by atoms with Crippen molar-refractivity contribution in [3.05, 3.63) is 30.1 Å². The number of sulfonamides is 1. The summed E-state index contributed by atoms with van der Waals surface area (Å²) in [6.45, 7) is 11.5. The zero-order valence-corrected chi connectivity index (χ0v) is 27.7. The number of ketones is 1. The molecule has 2 aliphatic rings.